The fourth-order valence-electron chi connectivity index (χ4n) is 1.46. The molecule has 15 heavy (non-hydrogen) atoms. The number of aryl methyl sites for hydroxylation is 1. The normalized spacial score (nSPS) is 12.5. The topological polar surface area (TPSA) is 68.3 Å². The van der Waals surface area contributed by atoms with Crippen LogP contribution in [0.15, 0.2) is 16.7 Å². The minimum Gasteiger partial charge on any atom is -0.469 e. The fraction of sp³-hybridized carbons (Fsp3) is 0.545. The van der Waals surface area contributed by atoms with Crippen LogP contribution in [0.4, 0.5) is 0 Å². The van der Waals surface area contributed by atoms with E-state index in [1.54, 1.807) is 13.0 Å². The SMILES string of the molecule is CCC(CCN)NC(=O)c1ccoc1C. The zero-order chi connectivity index (χ0) is 11.3. The standard InChI is InChI=1S/C11H18N2O2/c1-3-9(4-6-12)13-11(14)10-5-7-15-8(10)2/h5,7,9H,3-4,6,12H2,1-2H3,(H,13,14). The van der Waals surface area contributed by atoms with Gasteiger partial charge in [0, 0.05) is 6.04 Å². The van der Waals surface area contributed by atoms with Crippen molar-refractivity contribution in [1.29, 1.82) is 0 Å². The van der Waals surface area contributed by atoms with Gasteiger partial charge in [-0.15, -0.1) is 0 Å². The summed E-state index contributed by atoms with van der Waals surface area (Å²) in [7, 11) is 0. The lowest BCUT2D eigenvalue weighted by molar-refractivity contribution is 0.0933. The monoisotopic (exact) mass is 210 g/mol. The highest BCUT2D eigenvalue weighted by Gasteiger charge is 2.14. The highest BCUT2D eigenvalue weighted by molar-refractivity contribution is 5.95. The molecule has 3 N–H and O–H groups in total. The molecule has 0 fully saturated rings. The van der Waals surface area contributed by atoms with Crippen LogP contribution in [-0.2, 0) is 0 Å². The molecule has 1 aromatic heterocycles. The summed E-state index contributed by atoms with van der Waals surface area (Å²) in [6.45, 7) is 4.39. The molecule has 0 aliphatic rings. The van der Waals surface area contributed by atoms with Gasteiger partial charge in [0.05, 0.1) is 11.8 Å². The summed E-state index contributed by atoms with van der Waals surface area (Å²) in [5, 5.41) is 2.93. The Bertz CT molecular complexity index is 320. The van der Waals surface area contributed by atoms with Crippen LogP contribution in [0, 0.1) is 6.92 Å². The Kier molecular flexibility index (Phi) is 4.37. The maximum atomic E-state index is 11.8. The fourth-order valence-corrected chi connectivity index (χ4v) is 1.46. The minimum absolute atomic E-state index is 0.0819. The van der Waals surface area contributed by atoms with Gasteiger partial charge in [-0.1, -0.05) is 6.92 Å². The van der Waals surface area contributed by atoms with Crippen LogP contribution in [0.1, 0.15) is 35.9 Å². The molecular weight excluding hydrogens is 192 g/mol. The van der Waals surface area contributed by atoms with Crippen molar-refractivity contribution < 1.29 is 9.21 Å². The zero-order valence-electron chi connectivity index (χ0n) is 9.25. The Morgan fingerprint density at radius 2 is 2.40 bits per heavy atom. The molecule has 0 radical (unpaired) electrons. The Hall–Kier alpha value is -1.29. The van der Waals surface area contributed by atoms with Crippen LogP contribution in [0.5, 0.6) is 0 Å². The Morgan fingerprint density at radius 1 is 1.67 bits per heavy atom. The van der Waals surface area contributed by atoms with Crippen molar-refractivity contribution in [3.63, 3.8) is 0 Å². The van der Waals surface area contributed by atoms with E-state index in [2.05, 4.69) is 5.32 Å². The molecule has 0 spiro atoms. The van der Waals surface area contributed by atoms with Crippen molar-refractivity contribution in [3.05, 3.63) is 23.7 Å². The maximum Gasteiger partial charge on any atom is 0.255 e. The molecular formula is C11H18N2O2. The molecule has 0 saturated carbocycles. The van der Waals surface area contributed by atoms with Gasteiger partial charge < -0.3 is 15.5 Å². The minimum atomic E-state index is -0.0819. The first kappa shape index (κ1) is 11.8. The number of carbonyl (C=O) groups excluding carboxylic acids is 1. The molecule has 4 heteroatoms. The van der Waals surface area contributed by atoms with Crippen LogP contribution >= 0.6 is 0 Å². The molecule has 0 aliphatic heterocycles. The second-order valence-corrected chi connectivity index (χ2v) is 3.55. The van der Waals surface area contributed by atoms with Crippen molar-refractivity contribution in [2.75, 3.05) is 6.54 Å². The van der Waals surface area contributed by atoms with Crippen molar-refractivity contribution in [2.45, 2.75) is 32.7 Å². The van der Waals surface area contributed by atoms with Crippen molar-refractivity contribution in [3.8, 4) is 0 Å². The second kappa shape index (κ2) is 5.56. The third-order valence-electron chi connectivity index (χ3n) is 2.45. The highest BCUT2D eigenvalue weighted by atomic mass is 16.3. The van der Waals surface area contributed by atoms with Gasteiger partial charge in [-0.25, -0.2) is 0 Å². The van der Waals surface area contributed by atoms with Gasteiger partial charge in [0.2, 0.25) is 0 Å². The van der Waals surface area contributed by atoms with Crippen molar-refractivity contribution in [2.24, 2.45) is 5.73 Å². The molecule has 0 aromatic carbocycles. The van der Waals surface area contributed by atoms with Gasteiger partial charge in [0.1, 0.15) is 5.76 Å². The Morgan fingerprint density at radius 3 is 2.87 bits per heavy atom. The largest absolute Gasteiger partial charge is 0.469 e. The van der Waals surface area contributed by atoms with Gasteiger partial charge in [0.15, 0.2) is 0 Å². The lowest BCUT2D eigenvalue weighted by Crippen LogP contribution is -2.35. The number of hydrogen-bond donors (Lipinski definition) is 2. The van der Waals surface area contributed by atoms with E-state index >= 15 is 0 Å². The van der Waals surface area contributed by atoms with Gasteiger partial charge in [0.25, 0.3) is 5.91 Å². The number of hydrogen-bond acceptors (Lipinski definition) is 3. The lowest BCUT2D eigenvalue weighted by atomic mass is 10.1. The number of amides is 1. The molecule has 1 atom stereocenters. The first-order chi connectivity index (χ1) is 7.19. The smallest absolute Gasteiger partial charge is 0.255 e. The average molecular weight is 210 g/mol. The molecule has 4 nitrogen and oxygen atoms in total. The molecule has 1 aromatic rings. The summed E-state index contributed by atoms with van der Waals surface area (Å²) >= 11 is 0. The van der Waals surface area contributed by atoms with Gasteiger partial charge in [-0.3, -0.25) is 4.79 Å². The van der Waals surface area contributed by atoms with E-state index in [1.807, 2.05) is 6.92 Å². The second-order valence-electron chi connectivity index (χ2n) is 3.55. The molecule has 84 valence electrons. The van der Waals surface area contributed by atoms with Crippen LogP contribution in [0.2, 0.25) is 0 Å². The molecule has 1 amide bonds. The van der Waals surface area contributed by atoms with E-state index in [9.17, 15) is 4.79 Å². The average Bonchev–Trinajstić information content (AvgIpc) is 2.63. The third kappa shape index (κ3) is 3.09. The van der Waals surface area contributed by atoms with Gasteiger partial charge >= 0.3 is 0 Å². The van der Waals surface area contributed by atoms with Crippen molar-refractivity contribution in [1.82, 2.24) is 5.32 Å². The number of rotatable bonds is 5. The first-order valence-corrected chi connectivity index (χ1v) is 5.24. The maximum absolute atomic E-state index is 11.8. The summed E-state index contributed by atoms with van der Waals surface area (Å²) in [4.78, 5) is 11.8. The number of nitrogens with one attached hydrogen (secondary N) is 1. The van der Waals surface area contributed by atoms with Gasteiger partial charge in [-0.05, 0) is 32.4 Å². The molecule has 0 bridgehead atoms. The predicted octanol–water partition coefficient (Wildman–Crippen LogP) is 1.45. The molecule has 1 heterocycles. The third-order valence-corrected chi connectivity index (χ3v) is 2.45. The van der Waals surface area contributed by atoms with Crippen LogP contribution in [-0.4, -0.2) is 18.5 Å². The van der Waals surface area contributed by atoms with Gasteiger partial charge in [-0.2, -0.15) is 0 Å². The number of nitrogens with two attached hydrogens (primary N) is 1. The predicted molar refractivity (Wildman–Crippen MR) is 58.7 cm³/mol. The van der Waals surface area contributed by atoms with Crippen molar-refractivity contribution >= 4 is 5.91 Å². The van der Waals surface area contributed by atoms with Crippen LogP contribution in [0.3, 0.4) is 0 Å². The summed E-state index contributed by atoms with van der Waals surface area (Å²) in [5.74, 6) is 0.566. The van der Waals surface area contributed by atoms with E-state index in [4.69, 9.17) is 10.2 Å². The summed E-state index contributed by atoms with van der Waals surface area (Å²) in [6, 6.07) is 1.83. The zero-order valence-corrected chi connectivity index (χ0v) is 9.25. The molecule has 1 unspecified atom stereocenters. The van der Waals surface area contributed by atoms with E-state index in [1.165, 1.54) is 6.26 Å². The van der Waals surface area contributed by atoms with E-state index in [0.717, 1.165) is 12.8 Å². The molecule has 0 aliphatic carbocycles. The Balaban J connectivity index is 2.58. The summed E-state index contributed by atoms with van der Waals surface area (Å²) in [6.07, 6.45) is 3.22. The summed E-state index contributed by atoms with van der Waals surface area (Å²) < 4.78 is 5.08. The van der Waals surface area contributed by atoms with Crippen LogP contribution < -0.4 is 11.1 Å². The van der Waals surface area contributed by atoms with E-state index < -0.39 is 0 Å². The molecule has 1 rings (SSSR count). The number of furan rings is 1. The number of carbonyl (C=O) groups is 1. The van der Waals surface area contributed by atoms with E-state index in [-0.39, 0.29) is 11.9 Å². The first-order valence-electron chi connectivity index (χ1n) is 5.24. The highest BCUT2D eigenvalue weighted by Crippen LogP contribution is 2.09. The molecule has 0 saturated heterocycles. The lowest BCUT2D eigenvalue weighted by Gasteiger charge is -2.15. The Labute approximate surface area is 89.8 Å². The quantitative estimate of drug-likeness (QED) is 0.772. The van der Waals surface area contributed by atoms with E-state index in [0.29, 0.717) is 17.9 Å². The van der Waals surface area contributed by atoms with Crippen LogP contribution in [0.25, 0.3) is 0 Å². The summed E-state index contributed by atoms with van der Waals surface area (Å²) in [5.41, 5.74) is 6.06.